The van der Waals surface area contributed by atoms with Crippen LogP contribution in [-0.2, 0) is 0 Å². The molecule has 92 valence electrons. The van der Waals surface area contributed by atoms with Gasteiger partial charge in [-0.15, -0.1) is 0 Å². The van der Waals surface area contributed by atoms with E-state index in [0.29, 0.717) is 4.47 Å². The maximum Gasteiger partial charge on any atom is 0.275 e. The van der Waals surface area contributed by atoms with Gasteiger partial charge in [0.1, 0.15) is 5.69 Å². The number of hydrogen-bond donors (Lipinski definition) is 1. The summed E-state index contributed by atoms with van der Waals surface area (Å²) >= 11 is 3.15. The Kier molecular flexibility index (Phi) is 3.66. The summed E-state index contributed by atoms with van der Waals surface area (Å²) in [5, 5.41) is 2.26. The lowest BCUT2D eigenvalue weighted by molar-refractivity contribution is 0.102. The Balaban J connectivity index is 2.27. The standard InChI is InChI=1S/C12H7BrF2N2O/c13-7-3-2-6-16-11(7)12(18)17-9-5-1-4-8(14)10(9)15/h1-6H,(H,17,18). The van der Waals surface area contributed by atoms with Crippen molar-refractivity contribution in [2.24, 2.45) is 0 Å². The highest BCUT2D eigenvalue weighted by molar-refractivity contribution is 9.10. The van der Waals surface area contributed by atoms with Crippen molar-refractivity contribution in [3.05, 3.63) is 58.3 Å². The number of aromatic nitrogens is 1. The van der Waals surface area contributed by atoms with Gasteiger partial charge in [-0.2, -0.15) is 0 Å². The van der Waals surface area contributed by atoms with E-state index in [1.54, 1.807) is 12.1 Å². The Hall–Kier alpha value is -1.82. The topological polar surface area (TPSA) is 42.0 Å². The lowest BCUT2D eigenvalue weighted by Gasteiger charge is -2.07. The molecule has 0 unspecified atom stereocenters. The van der Waals surface area contributed by atoms with Crippen LogP contribution in [0.25, 0.3) is 0 Å². The first kappa shape index (κ1) is 12.6. The van der Waals surface area contributed by atoms with Crippen molar-refractivity contribution in [1.29, 1.82) is 0 Å². The van der Waals surface area contributed by atoms with Gasteiger partial charge in [-0.25, -0.2) is 13.8 Å². The number of benzene rings is 1. The summed E-state index contributed by atoms with van der Waals surface area (Å²) in [5.74, 6) is -2.74. The number of amides is 1. The first-order valence-corrected chi connectivity index (χ1v) is 5.75. The molecular weight excluding hydrogens is 306 g/mol. The summed E-state index contributed by atoms with van der Waals surface area (Å²) in [7, 11) is 0. The molecule has 2 aromatic rings. The van der Waals surface area contributed by atoms with Crippen molar-refractivity contribution in [1.82, 2.24) is 4.98 Å². The second-order valence-corrected chi connectivity index (χ2v) is 4.24. The normalized spacial score (nSPS) is 10.2. The molecule has 0 atom stereocenters. The highest BCUT2D eigenvalue weighted by Gasteiger charge is 2.14. The summed E-state index contributed by atoms with van der Waals surface area (Å²) < 4.78 is 26.8. The maximum atomic E-state index is 13.4. The van der Waals surface area contributed by atoms with Gasteiger partial charge in [-0.3, -0.25) is 4.79 Å². The number of halogens is 3. The number of anilines is 1. The molecule has 1 amide bonds. The van der Waals surface area contributed by atoms with Crippen LogP contribution < -0.4 is 5.32 Å². The van der Waals surface area contributed by atoms with Crippen molar-refractivity contribution < 1.29 is 13.6 Å². The van der Waals surface area contributed by atoms with Crippen LogP contribution in [0.15, 0.2) is 41.0 Å². The van der Waals surface area contributed by atoms with E-state index in [9.17, 15) is 13.6 Å². The number of nitrogens with one attached hydrogen (secondary N) is 1. The van der Waals surface area contributed by atoms with Crippen molar-refractivity contribution in [3.8, 4) is 0 Å². The fraction of sp³-hybridized carbons (Fsp3) is 0. The number of rotatable bonds is 2. The van der Waals surface area contributed by atoms with Gasteiger partial charge in [0.05, 0.1) is 5.69 Å². The van der Waals surface area contributed by atoms with Crippen LogP contribution in [0.3, 0.4) is 0 Å². The van der Waals surface area contributed by atoms with Gasteiger partial charge < -0.3 is 5.32 Å². The summed E-state index contributed by atoms with van der Waals surface area (Å²) in [4.78, 5) is 15.7. The highest BCUT2D eigenvalue weighted by Crippen LogP contribution is 2.19. The molecule has 2 rings (SSSR count). The fourth-order valence-electron chi connectivity index (χ4n) is 1.33. The molecule has 1 N–H and O–H groups in total. The molecule has 0 saturated heterocycles. The number of pyridine rings is 1. The second kappa shape index (κ2) is 5.22. The third-order valence-electron chi connectivity index (χ3n) is 2.17. The highest BCUT2D eigenvalue weighted by atomic mass is 79.9. The van der Waals surface area contributed by atoms with E-state index in [0.717, 1.165) is 6.07 Å². The lowest BCUT2D eigenvalue weighted by Crippen LogP contribution is -2.15. The third kappa shape index (κ3) is 2.53. The lowest BCUT2D eigenvalue weighted by atomic mass is 10.2. The van der Waals surface area contributed by atoms with E-state index >= 15 is 0 Å². The minimum atomic E-state index is -1.10. The van der Waals surface area contributed by atoms with Crippen LogP contribution in [0, 0.1) is 11.6 Å². The smallest absolute Gasteiger partial charge is 0.275 e. The summed E-state index contributed by atoms with van der Waals surface area (Å²) in [6.07, 6.45) is 1.43. The average molecular weight is 313 g/mol. The van der Waals surface area contributed by atoms with E-state index < -0.39 is 17.5 Å². The zero-order chi connectivity index (χ0) is 13.1. The first-order chi connectivity index (χ1) is 8.59. The van der Waals surface area contributed by atoms with E-state index in [-0.39, 0.29) is 11.4 Å². The molecule has 1 aromatic heterocycles. The van der Waals surface area contributed by atoms with Crippen LogP contribution in [0.4, 0.5) is 14.5 Å². The fourth-order valence-corrected chi connectivity index (χ4v) is 1.77. The largest absolute Gasteiger partial charge is 0.318 e. The van der Waals surface area contributed by atoms with Crippen molar-refractivity contribution in [2.45, 2.75) is 0 Å². The van der Waals surface area contributed by atoms with Gasteiger partial charge in [0.25, 0.3) is 5.91 Å². The Bertz CT molecular complexity index is 604. The minimum absolute atomic E-state index is 0.0983. The monoisotopic (exact) mass is 312 g/mol. The van der Waals surface area contributed by atoms with Gasteiger partial charge >= 0.3 is 0 Å². The number of nitrogens with zero attached hydrogens (tertiary/aromatic N) is 1. The molecule has 0 aliphatic rings. The molecule has 0 aliphatic heterocycles. The zero-order valence-electron chi connectivity index (χ0n) is 8.95. The predicted octanol–water partition coefficient (Wildman–Crippen LogP) is 3.37. The molecule has 0 saturated carbocycles. The molecule has 1 heterocycles. The van der Waals surface area contributed by atoms with E-state index in [2.05, 4.69) is 26.2 Å². The number of carbonyl (C=O) groups is 1. The Morgan fingerprint density at radius 2 is 2.00 bits per heavy atom. The minimum Gasteiger partial charge on any atom is -0.318 e. The van der Waals surface area contributed by atoms with Crippen molar-refractivity contribution >= 4 is 27.5 Å². The van der Waals surface area contributed by atoms with Gasteiger partial charge in [0, 0.05) is 10.7 Å². The molecule has 0 radical (unpaired) electrons. The average Bonchev–Trinajstić information content (AvgIpc) is 2.35. The van der Waals surface area contributed by atoms with Crippen LogP contribution in [-0.4, -0.2) is 10.9 Å². The van der Waals surface area contributed by atoms with Crippen molar-refractivity contribution in [2.75, 3.05) is 5.32 Å². The SMILES string of the molecule is O=C(Nc1cccc(F)c1F)c1ncccc1Br. The van der Waals surface area contributed by atoms with Gasteiger partial charge in [-0.05, 0) is 40.2 Å². The third-order valence-corrected chi connectivity index (χ3v) is 2.81. The molecule has 1 aromatic carbocycles. The van der Waals surface area contributed by atoms with Gasteiger partial charge in [-0.1, -0.05) is 6.07 Å². The van der Waals surface area contributed by atoms with E-state index in [1.165, 1.54) is 18.3 Å². The molecule has 18 heavy (non-hydrogen) atoms. The summed E-state index contributed by atoms with van der Waals surface area (Å²) in [6, 6.07) is 6.82. The quantitative estimate of drug-likeness (QED) is 0.923. The molecule has 6 heteroatoms. The van der Waals surface area contributed by atoms with Crippen LogP contribution in [0.2, 0.25) is 0 Å². The van der Waals surface area contributed by atoms with Gasteiger partial charge in [0.2, 0.25) is 0 Å². The molecule has 0 fully saturated rings. The summed E-state index contributed by atoms with van der Waals surface area (Å²) in [5.41, 5.74) is -0.126. The first-order valence-electron chi connectivity index (χ1n) is 4.95. The molecule has 0 aliphatic carbocycles. The van der Waals surface area contributed by atoms with Gasteiger partial charge in [0.15, 0.2) is 11.6 Å². The zero-order valence-corrected chi connectivity index (χ0v) is 10.5. The molecule has 0 spiro atoms. The Labute approximate surface area is 110 Å². The maximum absolute atomic E-state index is 13.4. The van der Waals surface area contributed by atoms with E-state index in [4.69, 9.17) is 0 Å². The van der Waals surface area contributed by atoms with Crippen molar-refractivity contribution in [3.63, 3.8) is 0 Å². The second-order valence-electron chi connectivity index (χ2n) is 3.39. The van der Waals surface area contributed by atoms with Crippen LogP contribution in [0.1, 0.15) is 10.5 Å². The summed E-state index contributed by atoms with van der Waals surface area (Å²) in [6.45, 7) is 0. The molecular formula is C12H7BrF2N2O. The predicted molar refractivity (Wildman–Crippen MR) is 66.2 cm³/mol. The molecule has 3 nitrogen and oxygen atoms in total. The Morgan fingerprint density at radius 3 is 2.72 bits per heavy atom. The number of carbonyl (C=O) groups excluding carboxylic acids is 1. The Morgan fingerprint density at radius 1 is 1.22 bits per heavy atom. The van der Waals surface area contributed by atoms with Crippen LogP contribution >= 0.6 is 15.9 Å². The number of hydrogen-bond acceptors (Lipinski definition) is 2. The molecule has 0 bridgehead atoms. The van der Waals surface area contributed by atoms with Crippen LogP contribution in [0.5, 0.6) is 0 Å². The van der Waals surface area contributed by atoms with E-state index in [1.807, 2.05) is 0 Å².